The third kappa shape index (κ3) is 4.79. The molecule has 0 radical (unpaired) electrons. The summed E-state index contributed by atoms with van der Waals surface area (Å²) in [7, 11) is 0. The Labute approximate surface area is 163 Å². The lowest BCUT2D eigenvalue weighted by atomic mass is 9.87. The van der Waals surface area contributed by atoms with E-state index in [0.29, 0.717) is 17.0 Å². The fraction of sp³-hybridized carbons (Fsp3) is 0.474. The number of imide groups is 1. The van der Waals surface area contributed by atoms with Crippen LogP contribution in [0.1, 0.15) is 46.1 Å². The smallest absolute Gasteiger partial charge is 0.407 e. The van der Waals surface area contributed by atoms with Crippen LogP contribution in [0.2, 0.25) is 0 Å². The Morgan fingerprint density at radius 2 is 1.82 bits per heavy atom. The summed E-state index contributed by atoms with van der Waals surface area (Å²) in [6.07, 6.45) is -0.445. The standard InChI is InChI=1S/C19H26N4O5/c1-5-19(13-9-7-6-8-10-13)15(25)23(16(26)21-19)22-14(24)11-12-20-17(27)28-18(2,3)4/h6-10H,5,11-12H2,1-4H3,(H,20,27)(H,21,26)(H,22,24)/t19-/m0/s1. The van der Waals surface area contributed by atoms with Crippen molar-refractivity contribution < 1.29 is 23.9 Å². The Morgan fingerprint density at radius 1 is 1.18 bits per heavy atom. The van der Waals surface area contributed by atoms with Gasteiger partial charge in [-0.2, -0.15) is 5.01 Å². The molecule has 0 unspecified atom stereocenters. The minimum atomic E-state index is -1.22. The van der Waals surface area contributed by atoms with Crippen LogP contribution < -0.4 is 16.1 Å². The van der Waals surface area contributed by atoms with E-state index in [9.17, 15) is 19.2 Å². The number of alkyl carbamates (subject to hydrolysis) is 1. The number of benzene rings is 1. The van der Waals surface area contributed by atoms with Gasteiger partial charge in [-0.1, -0.05) is 37.3 Å². The summed E-state index contributed by atoms with van der Waals surface area (Å²) in [5, 5.41) is 5.80. The van der Waals surface area contributed by atoms with E-state index >= 15 is 0 Å². The van der Waals surface area contributed by atoms with Crippen LogP contribution in [0, 0.1) is 0 Å². The first-order chi connectivity index (χ1) is 13.1. The van der Waals surface area contributed by atoms with Crippen molar-refractivity contribution in [2.24, 2.45) is 0 Å². The Hall–Kier alpha value is -3.10. The Bertz CT molecular complexity index is 759. The molecule has 28 heavy (non-hydrogen) atoms. The molecular formula is C19H26N4O5. The number of hydrogen-bond acceptors (Lipinski definition) is 5. The van der Waals surface area contributed by atoms with Crippen LogP contribution in [-0.4, -0.2) is 41.1 Å². The van der Waals surface area contributed by atoms with E-state index in [2.05, 4.69) is 16.1 Å². The third-order valence-corrected chi connectivity index (χ3v) is 4.15. The van der Waals surface area contributed by atoms with E-state index in [4.69, 9.17) is 4.74 Å². The third-order valence-electron chi connectivity index (χ3n) is 4.15. The van der Waals surface area contributed by atoms with Crippen molar-refractivity contribution in [3.8, 4) is 0 Å². The molecule has 0 spiro atoms. The normalized spacial score (nSPS) is 19.2. The molecule has 5 amide bonds. The summed E-state index contributed by atoms with van der Waals surface area (Å²) < 4.78 is 5.07. The summed E-state index contributed by atoms with van der Waals surface area (Å²) in [4.78, 5) is 48.9. The monoisotopic (exact) mass is 390 g/mol. The highest BCUT2D eigenvalue weighted by Gasteiger charge is 2.52. The molecule has 0 saturated carbocycles. The van der Waals surface area contributed by atoms with Gasteiger partial charge in [0.1, 0.15) is 11.1 Å². The van der Waals surface area contributed by atoms with E-state index in [-0.39, 0.29) is 13.0 Å². The lowest BCUT2D eigenvalue weighted by Gasteiger charge is -2.25. The van der Waals surface area contributed by atoms with Crippen molar-refractivity contribution in [3.63, 3.8) is 0 Å². The van der Waals surface area contributed by atoms with Gasteiger partial charge in [-0.15, -0.1) is 0 Å². The molecule has 0 aliphatic carbocycles. The molecule has 9 nitrogen and oxygen atoms in total. The number of carbonyl (C=O) groups is 4. The number of urea groups is 1. The van der Waals surface area contributed by atoms with Crippen LogP contribution in [0.4, 0.5) is 9.59 Å². The van der Waals surface area contributed by atoms with E-state index in [0.717, 1.165) is 0 Å². The summed E-state index contributed by atoms with van der Waals surface area (Å²) in [5.74, 6) is -1.14. The van der Waals surface area contributed by atoms with Crippen molar-refractivity contribution in [2.75, 3.05) is 6.54 Å². The number of hydrogen-bond donors (Lipinski definition) is 3. The Balaban J connectivity index is 1.95. The Kier molecular flexibility index (Phi) is 6.27. The van der Waals surface area contributed by atoms with E-state index in [1.54, 1.807) is 52.0 Å². The van der Waals surface area contributed by atoms with E-state index < -0.39 is 35.1 Å². The number of nitrogens with one attached hydrogen (secondary N) is 3. The molecule has 1 aliphatic heterocycles. The molecule has 0 bridgehead atoms. The molecule has 1 saturated heterocycles. The molecule has 1 fully saturated rings. The minimum absolute atomic E-state index is 0.00199. The number of nitrogens with zero attached hydrogens (tertiary/aromatic N) is 1. The van der Waals surface area contributed by atoms with Gasteiger partial charge in [0.25, 0.3) is 5.91 Å². The van der Waals surface area contributed by atoms with Gasteiger partial charge < -0.3 is 15.4 Å². The fourth-order valence-corrected chi connectivity index (χ4v) is 2.81. The average Bonchev–Trinajstić information content (AvgIpc) is 2.86. The largest absolute Gasteiger partial charge is 0.444 e. The highest BCUT2D eigenvalue weighted by molar-refractivity contribution is 6.08. The maximum atomic E-state index is 12.9. The summed E-state index contributed by atoms with van der Waals surface area (Å²) in [6, 6.07) is 8.15. The van der Waals surface area contributed by atoms with Crippen molar-refractivity contribution in [2.45, 2.75) is 51.7 Å². The molecule has 9 heteroatoms. The van der Waals surface area contributed by atoms with Crippen molar-refractivity contribution in [1.29, 1.82) is 0 Å². The molecule has 1 aliphatic rings. The first-order valence-corrected chi connectivity index (χ1v) is 9.07. The van der Waals surface area contributed by atoms with Crippen LogP contribution >= 0.6 is 0 Å². The van der Waals surface area contributed by atoms with Gasteiger partial charge in [-0.3, -0.25) is 15.0 Å². The zero-order valence-corrected chi connectivity index (χ0v) is 16.5. The van der Waals surface area contributed by atoms with Gasteiger partial charge in [-0.25, -0.2) is 9.59 Å². The van der Waals surface area contributed by atoms with Crippen LogP contribution in [0.3, 0.4) is 0 Å². The van der Waals surface area contributed by atoms with Gasteiger partial charge in [-0.05, 0) is 32.8 Å². The van der Waals surface area contributed by atoms with Crippen LogP contribution in [-0.2, 0) is 19.9 Å². The number of carbonyl (C=O) groups excluding carboxylic acids is 4. The first-order valence-electron chi connectivity index (χ1n) is 9.07. The van der Waals surface area contributed by atoms with Gasteiger partial charge >= 0.3 is 12.1 Å². The van der Waals surface area contributed by atoms with Crippen molar-refractivity contribution in [3.05, 3.63) is 35.9 Å². The second kappa shape index (κ2) is 8.28. The highest BCUT2D eigenvalue weighted by Crippen LogP contribution is 2.31. The highest BCUT2D eigenvalue weighted by atomic mass is 16.6. The lowest BCUT2D eigenvalue weighted by Crippen LogP contribution is -2.49. The Morgan fingerprint density at radius 3 is 2.39 bits per heavy atom. The quantitative estimate of drug-likeness (QED) is 0.640. The zero-order valence-electron chi connectivity index (χ0n) is 16.5. The van der Waals surface area contributed by atoms with Crippen LogP contribution in [0.5, 0.6) is 0 Å². The van der Waals surface area contributed by atoms with Crippen molar-refractivity contribution >= 4 is 23.9 Å². The van der Waals surface area contributed by atoms with E-state index in [1.807, 2.05) is 6.07 Å². The fourth-order valence-electron chi connectivity index (χ4n) is 2.81. The second-order valence-corrected chi connectivity index (χ2v) is 7.41. The SMILES string of the molecule is CC[C@@]1(c2ccccc2)NC(=O)N(NC(=O)CCNC(=O)OC(C)(C)C)C1=O. The molecular weight excluding hydrogens is 364 g/mol. The first kappa shape index (κ1) is 21.2. The number of hydrazine groups is 1. The summed E-state index contributed by atoms with van der Waals surface area (Å²) in [6.45, 7) is 6.96. The van der Waals surface area contributed by atoms with Gasteiger partial charge in [0.15, 0.2) is 0 Å². The summed E-state index contributed by atoms with van der Waals surface area (Å²) >= 11 is 0. The second-order valence-electron chi connectivity index (χ2n) is 7.41. The zero-order chi connectivity index (χ0) is 20.9. The van der Waals surface area contributed by atoms with Gasteiger partial charge in [0.05, 0.1) is 0 Å². The molecule has 1 atom stereocenters. The molecule has 1 heterocycles. The number of amides is 5. The maximum absolute atomic E-state index is 12.9. The lowest BCUT2D eigenvalue weighted by molar-refractivity contribution is -0.139. The number of ether oxygens (including phenoxy) is 1. The molecule has 0 aromatic heterocycles. The average molecular weight is 390 g/mol. The topological polar surface area (TPSA) is 117 Å². The minimum Gasteiger partial charge on any atom is -0.444 e. The predicted octanol–water partition coefficient (Wildman–Crippen LogP) is 1.79. The molecule has 152 valence electrons. The van der Waals surface area contributed by atoms with Crippen LogP contribution in [0.25, 0.3) is 0 Å². The number of rotatable bonds is 6. The van der Waals surface area contributed by atoms with Crippen molar-refractivity contribution in [1.82, 2.24) is 21.1 Å². The molecule has 1 aromatic rings. The summed E-state index contributed by atoms with van der Waals surface area (Å²) in [5.41, 5.74) is 1.07. The van der Waals surface area contributed by atoms with E-state index in [1.165, 1.54) is 0 Å². The maximum Gasteiger partial charge on any atom is 0.407 e. The molecule has 1 aromatic carbocycles. The van der Waals surface area contributed by atoms with Crippen LogP contribution in [0.15, 0.2) is 30.3 Å². The predicted molar refractivity (Wildman–Crippen MR) is 101 cm³/mol. The van der Waals surface area contributed by atoms with Gasteiger partial charge in [0, 0.05) is 13.0 Å². The van der Waals surface area contributed by atoms with Gasteiger partial charge in [0.2, 0.25) is 5.91 Å². The molecule has 2 rings (SSSR count). The molecule has 3 N–H and O–H groups in total.